The molecule has 6 heteroatoms. The number of thiophene rings is 1. The summed E-state index contributed by atoms with van der Waals surface area (Å²) in [4.78, 5) is 1.01. The fraction of sp³-hybridized carbons (Fsp3) is 0.167. The highest BCUT2D eigenvalue weighted by molar-refractivity contribution is 7.16. The van der Waals surface area contributed by atoms with Gasteiger partial charge in [-0.2, -0.15) is 0 Å². The first-order valence-electron chi connectivity index (χ1n) is 5.28. The molecule has 1 atom stereocenters. The molecule has 0 saturated heterocycles. The van der Waals surface area contributed by atoms with Crippen molar-refractivity contribution < 1.29 is 9.13 Å². The largest absolute Gasteiger partial charge is 0.479 e. The Kier molecular flexibility index (Phi) is 3.09. The number of hydrogen-bond acceptors (Lipinski definition) is 3. The predicted molar refractivity (Wildman–Crippen MR) is 72.6 cm³/mol. The van der Waals surface area contributed by atoms with E-state index in [1.54, 1.807) is 0 Å². The summed E-state index contributed by atoms with van der Waals surface area (Å²) in [6.45, 7) is 0.559. The zero-order valence-corrected chi connectivity index (χ0v) is 11.4. The van der Waals surface area contributed by atoms with Gasteiger partial charge in [-0.05, 0) is 18.2 Å². The van der Waals surface area contributed by atoms with Gasteiger partial charge in [0.05, 0.1) is 21.6 Å². The summed E-state index contributed by atoms with van der Waals surface area (Å²) in [7, 11) is 0. The van der Waals surface area contributed by atoms with E-state index in [-0.39, 0.29) is 16.9 Å². The lowest BCUT2D eigenvalue weighted by molar-refractivity contribution is 0.214. The van der Waals surface area contributed by atoms with Crippen molar-refractivity contribution in [1.29, 1.82) is 0 Å². The van der Waals surface area contributed by atoms with Crippen LogP contribution >= 0.6 is 34.5 Å². The molecule has 1 aromatic carbocycles. The van der Waals surface area contributed by atoms with Crippen LogP contribution in [-0.2, 0) is 0 Å². The normalized spacial score (nSPS) is 17.8. The maximum Gasteiger partial charge on any atom is 0.162 e. The minimum Gasteiger partial charge on any atom is -0.479 e. The molecular weight excluding hydrogens is 296 g/mol. The molecule has 1 aliphatic heterocycles. The first kappa shape index (κ1) is 12.1. The number of anilines is 1. The molecule has 1 unspecified atom stereocenters. The minimum absolute atomic E-state index is 0.155. The summed E-state index contributed by atoms with van der Waals surface area (Å²) in [5, 5.41) is 3.38. The third-order valence-corrected chi connectivity index (χ3v) is 4.26. The molecule has 0 fully saturated rings. The molecule has 0 spiro atoms. The third-order valence-electron chi connectivity index (χ3n) is 2.66. The van der Waals surface area contributed by atoms with Gasteiger partial charge in [0.15, 0.2) is 11.9 Å². The molecule has 18 heavy (non-hydrogen) atoms. The van der Waals surface area contributed by atoms with Crippen LogP contribution in [-0.4, -0.2) is 6.54 Å². The number of benzene rings is 1. The summed E-state index contributed by atoms with van der Waals surface area (Å²) in [5.41, 5.74) is 0.582. The van der Waals surface area contributed by atoms with Crippen LogP contribution in [0.3, 0.4) is 0 Å². The molecule has 1 aliphatic rings. The topological polar surface area (TPSA) is 21.3 Å². The highest BCUT2D eigenvalue weighted by Gasteiger charge is 2.24. The van der Waals surface area contributed by atoms with Gasteiger partial charge >= 0.3 is 0 Å². The van der Waals surface area contributed by atoms with Gasteiger partial charge in [-0.3, -0.25) is 0 Å². The van der Waals surface area contributed by atoms with E-state index in [1.165, 1.54) is 23.5 Å². The highest BCUT2D eigenvalue weighted by Crippen LogP contribution is 2.41. The Balaban J connectivity index is 1.93. The molecule has 0 saturated carbocycles. The summed E-state index contributed by atoms with van der Waals surface area (Å²) >= 11 is 13.3. The molecule has 0 bridgehead atoms. The minimum atomic E-state index is -0.382. The number of hydrogen-bond donors (Lipinski definition) is 1. The van der Waals surface area contributed by atoms with Gasteiger partial charge in [0.1, 0.15) is 5.82 Å². The van der Waals surface area contributed by atoms with Crippen molar-refractivity contribution in [3.05, 3.63) is 44.3 Å². The van der Waals surface area contributed by atoms with Crippen molar-refractivity contribution in [3.63, 3.8) is 0 Å². The van der Waals surface area contributed by atoms with E-state index in [0.29, 0.717) is 22.3 Å². The van der Waals surface area contributed by atoms with Gasteiger partial charge in [0.25, 0.3) is 0 Å². The monoisotopic (exact) mass is 303 g/mol. The molecule has 2 heterocycles. The van der Waals surface area contributed by atoms with E-state index >= 15 is 0 Å². The van der Waals surface area contributed by atoms with Crippen molar-refractivity contribution >= 4 is 40.2 Å². The van der Waals surface area contributed by atoms with Crippen LogP contribution in [0.2, 0.25) is 9.36 Å². The second-order valence-corrected chi connectivity index (χ2v) is 6.05. The summed E-state index contributed by atoms with van der Waals surface area (Å²) in [6, 6.07) is 6.36. The van der Waals surface area contributed by atoms with Gasteiger partial charge in [0.2, 0.25) is 0 Å². The van der Waals surface area contributed by atoms with Crippen molar-refractivity contribution in [2.24, 2.45) is 0 Å². The fourth-order valence-electron chi connectivity index (χ4n) is 1.86. The van der Waals surface area contributed by atoms with Crippen molar-refractivity contribution in [3.8, 4) is 5.75 Å². The Hall–Kier alpha value is -0.970. The molecule has 1 aromatic heterocycles. The first-order chi connectivity index (χ1) is 8.63. The Morgan fingerprint density at radius 2 is 2.17 bits per heavy atom. The SMILES string of the molecule is Fc1cc(Cl)c2c(c1)NCC(c1ccc(Cl)s1)O2. The summed E-state index contributed by atoms with van der Waals surface area (Å²) < 4.78 is 19.7. The fourth-order valence-corrected chi connectivity index (χ4v) is 3.20. The molecule has 0 radical (unpaired) electrons. The first-order valence-corrected chi connectivity index (χ1v) is 6.85. The number of fused-ring (bicyclic) bond motifs is 1. The van der Waals surface area contributed by atoms with Crippen molar-refractivity contribution in [2.75, 3.05) is 11.9 Å². The standard InChI is InChI=1S/C12H8Cl2FNOS/c13-7-3-6(15)4-8-12(7)17-9(5-16-8)10-1-2-11(14)18-10/h1-4,9,16H,5H2. The van der Waals surface area contributed by atoms with E-state index in [1.807, 2.05) is 12.1 Å². The van der Waals surface area contributed by atoms with Crippen LogP contribution in [0.4, 0.5) is 10.1 Å². The lowest BCUT2D eigenvalue weighted by Crippen LogP contribution is -2.23. The van der Waals surface area contributed by atoms with Crippen molar-refractivity contribution in [1.82, 2.24) is 0 Å². The van der Waals surface area contributed by atoms with Crippen molar-refractivity contribution in [2.45, 2.75) is 6.10 Å². The zero-order chi connectivity index (χ0) is 12.7. The molecule has 2 nitrogen and oxygen atoms in total. The Morgan fingerprint density at radius 3 is 2.89 bits per heavy atom. The maximum atomic E-state index is 13.2. The average Bonchev–Trinajstić information content (AvgIpc) is 2.75. The quantitative estimate of drug-likeness (QED) is 0.821. The van der Waals surface area contributed by atoms with E-state index in [9.17, 15) is 4.39 Å². The Bertz CT molecular complexity index is 602. The van der Waals surface area contributed by atoms with Gasteiger partial charge < -0.3 is 10.1 Å². The average molecular weight is 304 g/mol. The summed E-state index contributed by atoms with van der Waals surface area (Å²) in [6.07, 6.45) is -0.155. The van der Waals surface area contributed by atoms with Gasteiger partial charge in [-0.1, -0.05) is 23.2 Å². The number of rotatable bonds is 1. The van der Waals surface area contributed by atoms with Gasteiger partial charge in [-0.25, -0.2) is 4.39 Å². The van der Waals surface area contributed by atoms with E-state index < -0.39 is 0 Å². The molecule has 0 aliphatic carbocycles. The smallest absolute Gasteiger partial charge is 0.162 e. The lowest BCUT2D eigenvalue weighted by Gasteiger charge is -2.27. The summed E-state index contributed by atoms with van der Waals surface area (Å²) in [5.74, 6) is 0.103. The zero-order valence-electron chi connectivity index (χ0n) is 9.04. The van der Waals surface area contributed by atoms with E-state index in [0.717, 1.165) is 4.88 Å². The predicted octanol–water partition coefficient (Wildman–Crippen LogP) is 4.74. The van der Waals surface area contributed by atoms with E-state index in [4.69, 9.17) is 27.9 Å². The number of nitrogens with one attached hydrogen (secondary N) is 1. The molecule has 3 rings (SSSR count). The van der Waals surface area contributed by atoms with Crippen LogP contribution in [0.15, 0.2) is 24.3 Å². The molecular formula is C12H8Cl2FNOS. The van der Waals surface area contributed by atoms with Gasteiger partial charge in [0, 0.05) is 10.9 Å². The third kappa shape index (κ3) is 2.16. The van der Waals surface area contributed by atoms with Crippen LogP contribution in [0.1, 0.15) is 11.0 Å². The second-order valence-electron chi connectivity index (χ2n) is 3.89. The van der Waals surface area contributed by atoms with Crippen LogP contribution in [0.5, 0.6) is 5.75 Å². The molecule has 94 valence electrons. The number of ether oxygens (including phenoxy) is 1. The van der Waals surface area contributed by atoms with Crippen LogP contribution in [0.25, 0.3) is 0 Å². The number of halogens is 3. The molecule has 1 N–H and O–H groups in total. The Labute approximate surface area is 117 Å². The van der Waals surface area contributed by atoms with Crippen LogP contribution in [0, 0.1) is 5.82 Å². The maximum absolute atomic E-state index is 13.2. The second kappa shape index (κ2) is 4.61. The van der Waals surface area contributed by atoms with E-state index in [2.05, 4.69) is 5.32 Å². The van der Waals surface area contributed by atoms with Crippen LogP contribution < -0.4 is 10.1 Å². The molecule has 2 aromatic rings. The van der Waals surface area contributed by atoms with Gasteiger partial charge in [-0.15, -0.1) is 11.3 Å². The lowest BCUT2D eigenvalue weighted by atomic mass is 10.2. The molecule has 0 amide bonds. The highest BCUT2D eigenvalue weighted by atomic mass is 35.5. The Morgan fingerprint density at radius 1 is 1.33 bits per heavy atom.